The number of piperazine rings is 1. The van der Waals surface area contributed by atoms with E-state index in [0.717, 1.165) is 0 Å². The van der Waals surface area contributed by atoms with Gasteiger partial charge in [-0.1, -0.05) is 0 Å². The van der Waals surface area contributed by atoms with Gasteiger partial charge in [0.15, 0.2) is 0 Å². The van der Waals surface area contributed by atoms with Gasteiger partial charge in [-0.3, -0.25) is 10.1 Å². The molecule has 2 rings (SSSR count). The third-order valence-corrected chi connectivity index (χ3v) is 6.38. The maximum absolute atomic E-state index is 12.9. The number of sulfonamides is 1. The van der Waals surface area contributed by atoms with Gasteiger partial charge >= 0.3 is 0 Å². The van der Waals surface area contributed by atoms with Gasteiger partial charge in [0.2, 0.25) is 10.0 Å². The van der Waals surface area contributed by atoms with Crippen LogP contribution in [0, 0.1) is 24.0 Å². The Balaban J connectivity index is 2.54. The minimum absolute atomic E-state index is 0.0192. The first-order valence-electron chi connectivity index (χ1n) is 7.17. The van der Waals surface area contributed by atoms with Crippen LogP contribution in [0.4, 0.5) is 5.69 Å². The second kappa shape index (κ2) is 5.94. The number of nitrogens with zero attached hydrogens (tertiary/aromatic N) is 2. The summed E-state index contributed by atoms with van der Waals surface area (Å²) in [6, 6.07) is 2.56. The van der Waals surface area contributed by atoms with Crippen LogP contribution in [-0.4, -0.2) is 42.8 Å². The molecule has 0 aromatic heterocycles. The molecule has 1 aliphatic heterocycles. The van der Waals surface area contributed by atoms with Crippen molar-refractivity contribution in [1.82, 2.24) is 9.62 Å². The van der Waals surface area contributed by atoms with E-state index < -0.39 is 14.9 Å². The molecule has 22 heavy (non-hydrogen) atoms. The van der Waals surface area contributed by atoms with Crippen LogP contribution >= 0.6 is 0 Å². The smallest absolute Gasteiger partial charge is 0.273 e. The van der Waals surface area contributed by atoms with Gasteiger partial charge in [-0.25, -0.2) is 8.42 Å². The van der Waals surface area contributed by atoms with Gasteiger partial charge in [0.25, 0.3) is 5.69 Å². The van der Waals surface area contributed by atoms with Crippen molar-refractivity contribution in [2.75, 3.05) is 13.1 Å². The maximum atomic E-state index is 12.9. The number of nitro benzene ring substituents is 1. The Labute approximate surface area is 130 Å². The monoisotopic (exact) mass is 327 g/mol. The Morgan fingerprint density at radius 3 is 2.50 bits per heavy atom. The molecule has 8 heteroatoms. The van der Waals surface area contributed by atoms with Crippen molar-refractivity contribution in [2.45, 2.75) is 44.7 Å². The topological polar surface area (TPSA) is 92.6 Å². The first-order valence-corrected chi connectivity index (χ1v) is 8.61. The fraction of sp³-hybridized carbons (Fsp3) is 0.571. The lowest BCUT2D eigenvalue weighted by atomic mass is 10.1. The number of hydrogen-bond acceptors (Lipinski definition) is 5. The van der Waals surface area contributed by atoms with Crippen LogP contribution in [0.5, 0.6) is 0 Å². The molecule has 1 N–H and O–H groups in total. The SMILES string of the molecule is Cc1cc(C)c(S(=O)(=O)N2CCNC(C)C2C)cc1[N+](=O)[O-]. The summed E-state index contributed by atoms with van der Waals surface area (Å²) < 4.78 is 27.3. The van der Waals surface area contributed by atoms with Crippen molar-refractivity contribution in [3.05, 3.63) is 33.4 Å². The van der Waals surface area contributed by atoms with E-state index in [1.54, 1.807) is 19.9 Å². The fourth-order valence-electron chi connectivity index (χ4n) is 2.79. The summed E-state index contributed by atoms with van der Waals surface area (Å²) in [5.74, 6) is 0. The molecule has 0 amide bonds. The largest absolute Gasteiger partial charge is 0.311 e. The number of benzene rings is 1. The highest BCUT2D eigenvalue weighted by atomic mass is 32.2. The van der Waals surface area contributed by atoms with Gasteiger partial charge in [0.05, 0.1) is 9.82 Å². The second-order valence-electron chi connectivity index (χ2n) is 5.76. The average molecular weight is 327 g/mol. The van der Waals surface area contributed by atoms with E-state index in [-0.39, 0.29) is 22.7 Å². The van der Waals surface area contributed by atoms with Crippen LogP contribution in [0.15, 0.2) is 17.0 Å². The summed E-state index contributed by atoms with van der Waals surface area (Å²) in [6.45, 7) is 7.97. The molecule has 1 aromatic rings. The number of hydrogen-bond donors (Lipinski definition) is 1. The molecule has 0 spiro atoms. The lowest BCUT2D eigenvalue weighted by Crippen LogP contribution is -2.57. The lowest BCUT2D eigenvalue weighted by Gasteiger charge is -2.37. The third-order valence-electron chi connectivity index (χ3n) is 4.25. The van der Waals surface area contributed by atoms with Crippen molar-refractivity contribution in [1.29, 1.82) is 0 Å². The molecule has 1 heterocycles. The van der Waals surface area contributed by atoms with E-state index in [4.69, 9.17) is 0 Å². The first-order chi connectivity index (χ1) is 10.2. The van der Waals surface area contributed by atoms with Crippen LogP contribution in [0.2, 0.25) is 0 Å². The summed E-state index contributed by atoms with van der Waals surface area (Å²) in [7, 11) is -3.76. The van der Waals surface area contributed by atoms with Crippen molar-refractivity contribution >= 4 is 15.7 Å². The Morgan fingerprint density at radius 1 is 1.27 bits per heavy atom. The highest BCUT2D eigenvalue weighted by Gasteiger charge is 2.36. The van der Waals surface area contributed by atoms with E-state index in [9.17, 15) is 18.5 Å². The van der Waals surface area contributed by atoms with Crippen LogP contribution in [0.1, 0.15) is 25.0 Å². The average Bonchev–Trinajstić information content (AvgIpc) is 2.40. The van der Waals surface area contributed by atoms with Gasteiger partial charge in [-0.2, -0.15) is 4.31 Å². The maximum Gasteiger partial charge on any atom is 0.273 e. The summed E-state index contributed by atoms with van der Waals surface area (Å²) in [6.07, 6.45) is 0. The van der Waals surface area contributed by atoms with Crippen LogP contribution < -0.4 is 5.32 Å². The van der Waals surface area contributed by atoms with Crippen LogP contribution in [0.25, 0.3) is 0 Å². The summed E-state index contributed by atoms with van der Waals surface area (Å²) >= 11 is 0. The van der Waals surface area contributed by atoms with E-state index in [0.29, 0.717) is 24.2 Å². The van der Waals surface area contributed by atoms with Gasteiger partial charge in [-0.15, -0.1) is 0 Å². The van der Waals surface area contributed by atoms with Crippen molar-refractivity contribution in [2.24, 2.45) is 0 Å². The number of rotatable bonds is 3. The van der Waals surface area contributed by atoms with Crippen molar-refractivity contribution in [3.8, 4) is 0 Å². The predicted octanol–water partition coefficient (Wildman–Crippen LogP) is 1.58. The number of nitro groups is 1. The van der Waals surface area contributed by atoms with Gasteiger partial charge < -0.3 is 5.32 Å². The number of nitrogens with one attached hydrogen (secondary N) is 1. The molecule has 0 bridgehead atoms. The highest BCUT2D eigenvalue weighted by Crippen LogP contribution is 2.29. The van der Waals surface area contributed by atoms with Gasteiger partial charge in [0, 0.05) is 36.8 Å². The lowest BCUT2D eigenvalue weighted by molar-refractivity contribution is -0.385. The van der Waals surface area contributed by atoms with Gasteiger partial charge in [-0.05, 0) is 39.3 Å². The highest BCUT2D eigenvalue weighted by molar-refractivity contribution is 7.89. The standard InChI is InChI=1S/C14H21N3O4S/c1-9-7-10(2)14(8-13(9)17(18)19)22(20,21)16-6-5-15-11(3)12(16)4/h7-8,11-12,15H,5-6H2,1-4H3. The van der Waals surface area contributed by atoms with E-state index in [1.807, 2.05) is 13.8 Å². The Kier molecular flexibility index (Phi) is 4.55. The quantitative estimate of drug-likeness (QED) is 0.672. The Bertz CT molecular complexity index is 702. The molecule has 0 saturated carbocycles. The summed E-state index contributed by atoms with van der Waals surface area (Å²) in [4.78, 5) is 10.6. The van der Waals surface area contributed by atoms with Crippen LogP contribution in [0.3, 0.4) is 0 Å². The molecule has 2 unspecified atom stereocenters. The molecule has 7 nitrogen and oxygen atoms in total. The Hall–Kier alpha value is -1.51. The zero-order valence-electron chi connectivity index (χ0n) is 13.2. The third kappa shape index (κ3) is 2.86. The molecule has 1 saturated heterocycles. The minimum atomic E-state index is -3.76. The number of aryl methyl sites for hydroxylation is 2. The molecule has 1 aromatic carbocycles. The van der Waals surface area contributed by atoms with E-state index in [2.05, 4.69) is 5.32 Å². The predicted molar refractivity (Wildman–Crippen MR) is 83.4 cm³/mol. The molecular formula is C14H21N3O4S. The van der Waals surface area contributed by atoms with Crippen molar-refractivity contribution in [3.63, 3.8) is 0 Å². The molecular weight excluding hydrogens is 306 g/mol. The molecule has 0 radical (unpaired) electrons. The van der Waals surface area contributed by atoms with E-state index in [1.165, 1.54) is 10.4 Å². The van der Waals surface area contributed by atoms with Crippen LogP contribution in [-0.2, 0) is 10.0 Å². The van der Waals surface area contributed by atoms with Crippen molar-refractivity contribution < 1.29 is 13.3 Å². The summed E-state index contributed by atoms with van der Waals surface area (Å²) in [5.41, 5.74) is 0.824. The zero-order valence-corrected chi connectivity index (χ0v) is 14.0. The molecule has 2 atom stereocenters. The van der Waals surface area contributed by atoms with E-state index >= 15 is 0 Å². The minimum Gasteiger partial charge on any atom is -0.311 e. The second-order valence-corrected chi connectivity index (χ2v) is 7.62. The molecule has 0 aliphatic carbocycles. The zero-order chi connectivity index (χ0) is 16.7. The summed E-state index contributed by atoms with van der Waals surface area (Å²) in [5, 5.41) is 14.3. The molecule has 122 valence electrons. The molecule has 1 fully saturated rings. The first kappa shape index (κ1) is 16.9. The van der Waals surface area contributed by atoms with Gasteiger partial charge in [0.1, 0.15) is 0 Å². The normalized spacial score (nSPS) is 23.5. The molecule has 1 aliphatic rings. The fourth-order valence-corrected chi connectivity index (χ4v) is 4.72. The Morgan fingerprint density at radius 2 is 1.91 bits per heavy atom.